The van der Waals surface area contributed by atoms with Crippen molar-refractivity contribution < 1.29 is 5.11 Å². The summed E-state index contributed by atoms with van der Waals surface area (Å²) in [6.45, 7) is 4.17. The number of rotatable bonds is 5. The van der Waals surface area contributed by atoms with E-state index in [9.17, 15) is 5.11 Å². The fourth-order valence-corrected chi connectivity index (χ4v) is 4.49. The van der Waals surface area contributed by atoms with E-state index in [1.165, 1.54) is 4.70 Å². The molecule has 0 spiro atoms. The molecule has 2 aromatic carbocycles. The van der Waals surface area contributed by atoms with E-state index in [-0.39, 0.29) is 11.4 Å². The van der Waals surface area contributed by atoms with Crippen LogP contribution in [0.25, 0.3) is 21.1 Å². The zero-order valence-corrected chi connectivity index (χ0v) is 16.2. The number of benzene rings is 2. The molecule has 0 saturated heterocycles. The zero-order valence-electron chi connectivity index (χ0n) is 14.6. The van der Waals surface area contributed by atoms with Crippen molar-refractivity contribution in [3.8, 4) is 0 Å². The molecule has 4 nitrogen and oxygen atoms in total. The maximum atomic E-state index is 9.59. The Bertz CT molecular complexity index is 1070. The first kappa shape index (κ1) is 17.3. The van der Waals surface area contributed by atoms with Crippen LogP contribution >= 0.6 is 23.1 Å². The summed E-state index contributed by atoms with van der Waals surface area (Å²) >= 11 is 3.29. The average Bonchev–Trinajstić information content (AvgIpc) is 3.10. The Balaban J connectivity index is 1.73. The number of nitrogens with zero attached hydrogens (tertiary/aromatic N) is 2. The highest BCUT2D eigenvalue weighted by Gasteiger charge is 2.20. The van der Waals surface area contributed by atoms with Crippen LogP contribution in [0, 0.1) is 0 Å². The minimum Gasteiger partial charge on any atom is -0.395 e. The lowest BCUT2D eigenvalue weighted by atomic mass is 10.1. The normalized spacial score (nSPS) is 12.0. The maximum Gasteiger partial charge on any atom is 0.0858 e. The number of fused-ring (bicyclic) bond motifs is 2. The molecule has 0 bridgehead atoms. The average molecular weight is 382 g/mol. The van der Waals surface area contributed by atoms with Crippen LogP contribution in [0.15, 0.2) is 59.1 Å². The van der Waals surface area contributed by atoms with Gasteiger partial charge in [-0.05, 0) is 44.2 Å². The molecule has 26 heavy (non-hydrogen) atoms. The number of aliphatic hydroxyl groups excluding tert-OH is 1. The van der Waals surface area contributed by atoms with Gasteiger partial charge >= 0.3 is 0 Å². The Morgan fingerprint density at radius 3 is 2.88 bits per heavy atom. The van der Waals surface area contributed by atoms with Gasteiger partial charge in [-0.3, -0.25) is 4.98 Å². The van der Waals surface area contributed by atoms with E-state index >= 15 is 0 Å². The summed E-state index contributed by atoms with van der Waals surface area (Å²) in [4.78, 5) is 10.0. The van der Waals surface area contributed by atoms with Gasteiger partial charge in [0.2, 0.25) is 0 Å². The Hall–Kier alpha value is -2.15. The van der Waals surface area contributed by atoms with Crippen LogP contribution < -0.4 is 5.32 Å². The number of anilines is 2. The van der Waals surface area contributed by atoms with Crippen LogP contribution in [0.2, 0.25) is 0 Å². The van der Waals surface area contributed by atoms with Crippen LogP contribution in [0.5, 0.6) is 0 Å². The van der Waals surface area contributed by atoms with E-state index in [0.29, 0.717) is 0 Å². The number of hydrogen-bond acceptors (Lipinski definition) is 6. The van der Waals surface area contributed by atoms with E-state index in [1.807, 2.05) is 37.7 Å². The molecule has 6 heteroatoms. The van der Waals surface area contributed by atoms with Crippen LogP contribution in [-0.4, -0.2) is 26.4 Å². The molecule has 0 atom stereocenters. The highest BCUT2D eigenvalue weighted by molar-refractivity contribution is 8.00. The number of nitrogens with one attached hydrogen (secondary N) is 1. The van der Waals surface area contributed by atoms with Crippen molar-refractivity contribution in [3.63, 3.8) is 0 Å². The van der Waals surface area contributed by atoms with Crippen molar-refractivity contribution in [2.24, 2.45) is 0 Å². The molecule has 0 unspecified atom stereocenters. The molecular formula is C20H19N3OS2. The third kappa shape index (κ3) is 3.40. The van der Waals surface area contributed by atoms with Gasteiger partial charge in [-0.25, -0.2) is 4.98 Å². The quantitative estimate of drug-likeness (QED) is 0.450. The van der Waals surface area contributed by atoms with Crippen molar-refractivity contribution in [2.75, 3.05) is 11.9 Å². The summed E-state index contributed by atoms with van der Waals surface area (Å²) < 4.78 is 0.926. The molecule has 0 aliphatic heterocycles. The summed E-state index contributed by atoms with van der Waals surface area (Å²) in [5.74, 6) is 0. The summed E-state index contributed by atoms with van der Waals surface area (Å²) in [6, 6.07) is 14.4. The Morgan fingerprint density at radius 1 is 1.15 bits per heavy atom. The third-order valence-electron chi connectivity index (χ3n) is 4.11. The Kier molecular flexibility index (Phi) is 4.56. The lowest BCUT2D eigenvalue weighted by Gasteiger charge is -2.21. The standard InChI is InChI=1S/C20H19N3OS2/c1-20(2,11-24)26-18-5-3-4-14-15(8-9-21-19(14)18)23-13-6-7-17-16(10-13)22-12-25-17/h3-10,12,24H,11H2,1-2H3,(H,21,23). The Morgan fingerprint density at radius 2 is 2.04 bits per heavy atom. The van der Waals surface area contributed by atoms with Gasteiger partial charge in [0.1, 0.15) is 0 Å². The highest BCUT2D eigenvalue weighted by atomic mass is 32.2. The van der Waals surface area contributed by atoms with E-state index in [0.717, 1.165) is 32.7 Å². The van der Waals surface area contributed by atoms with Gasteiger partial charge in [-0.1, -0.05) is 12.1 Å². The lowest BCUT2D eigenvalue weighted by molar-refractivity contribution is 0.265. The maximum absolute atomic E-state index is 9.59. The molecular weight excluding hydrogens is 362 g/mol. The molecule has 2 heterocycles. The van der Waals surface area contributed by atoms with Gasteiger partial charge in [0.15, 0.2) is 0 Å². The van der Waals surface area contributed by atoms with Crippen molar-refractivity contribution in [2.45, 2.75) is 23.5 Å². The monoisotopic (exact) mass is 381 g/mol. The Labute approximate surface area is 160 Å². The summed E-state index contributed by atoms with van der Waals surface area (Å²) in [5, 5.41) is 14.1. The molecule has 0 radical (unpaired) electrons. The van der Waals surface area contributed by atoms with Crippen molar-refractivity contribution in [3.05, 3.63) is 54.2 Å². The molecule has 132 valence electrons. The molecule has 0 aliphatic carbocycles. The van der Waals surface area contributed by atoms with Crippen molar-refractivity contribution >= 4 is 55.6 Å². The number of hydrogen-bond donors (Lipinski definition) is 2. The number of para-hydroxylation sites is 1. The predicted octanol–water partition coefficient (Wildman–Crippen LogP) is 5.45. The van der Waals surface area contributed by atoms with E-state index in [2.05, 4.69) is 45.6 Å². The smallest absolute Gasteiger partial charge is 0.0858 e. The first-order chi connectivity index (χ1) is 12.6. The number of thioether (sulfide) groups is 1. The van der Waals surface area contributed by atoms with E-state index in [4.69, 9.17) is 0 Å². The first-order valence-corrected chi connectivity index (χ1v) is 10.0. The zero-order chi connectivity index (χ0) is 18.1. The molecule has 0 fully saturated rings. The van der Waals surface area contributed by atoms with Crippen LogP contribution in [0.4, 0.5) is 11.4 Å². The molecule has 4 rings (SSSR count). The third-order valence-corrected chi connectivity index (χ3v) is 6.15. The number of pyridine rings is 1. The van der Waals surface area contributed by atoms with E-state index < -0.39 is 0 Å². The molecule has 4 aromatic rings. The minimum atomic E-state index is -0.255. The predicted molar refractivity (Wildman–Crippen MR) is 112 cm³/mol. The summed E-state index contributed by atoms with van der Waals surface area (Å²) in [7, 11) is 0. The van der Waals surface area contributed by atoms with Gasteiger partial charge in [0, 0.05) is 32.6 Å². The number of aliphatic hydroxyl groups is 1. The number of aromatic nitrogens is 2. The second-order valence-electron chi connectivity index (χ2n) is 6.69. The lowest BCUT2D eigenvalue weighted by Crippen LogP contribution is -2.19. The van der Waals surface area contributed by atoms with E-state index in [1.54, 1.807) is 23.1 Å². The van der Waals surface area contributed by atoms with Gasteiger partial charge in [-0.2, -0.15) is 0 Å². The number of thiazole rings is 1. The van der Waals surface area contributed by atoms with Crippen LogP contribution in [-0.2, 0) is 0 Å². The fourth-order valence-electron chi connectivity index (χ4n) is 2.76. The highest BCUT2D eigenvalue weighted by Crippen LogP contribution is 2.38. The second kappa shape index (κ2) is 6.87. The SMILES string of the molecule is CC(C)(CO)Sc1cccc2c(Nc3ccc4scnc4c3)ccnc12. The van der Waals surface area contributed by atoms with Crippen LogP contribution in [0.3, 0.4) is 0 Å². The van der Waals surface area contributed by atoms with Gasteiger partial charge < -0.3 is 10.4 Å². The van der Waals surface area contributed by atoms with Crippen molar-refractivity contribution in [1.82, 2.24) is 9.97 Å². The molecule has 0 amide bonds. The second-order valence-corrected chi connectivity index (χ2v) is 9.33. The summed E-state index contributed by atoms with van der Waals surface area (Å²) in [6.07, 6.45) is 1.82. The largest absolute Gasteiger partial charge is 0.395 e. The topological polar surface area (TPSA) is 58.0 Å². The molecule has 0 saturated carbocycles. The molecule has 0 aliphatic rings. The first-order valence-electron chi connectivity index (χ1n) is 8.34. The van der Waals surface area contributed by atoms with Crippen molar-refractivity contribution in [1.29, 1.82) is 0 Å². The minimum absolute atomic E-state index is 0.111. The van der Waals surface area contributed by atoms with Gasteiger partial charge in [-0.15, -0.1) is 23.1 Å². The summed E-state index contributed by atoms with van der Waals surface area (Å²) in [5.41, 5.74) is 5.82. The molecule has 2 aromatic heterocycles. The van der Waals surface area contributed by atoms with Gasteiger partial charge in [0.05, 0.1) is 27.9 Å². The van der Waals surface area contributed by atoms with Gasteiger partial charge in [0.25, 0.3) is 0 Å². The fraction of sp³-hybridized carbons (Fsp3) is 0.200. The molecule has 2 N–H and O–H groups in total. The van der Waals surface area contributed by atoms with Crippen LogP contribution in [0.1, 0.15) is 13.8 Å².